The van der Waals surface area contributed by atoms with Crippen LogP contribution in [-0.4, -0.2) is 31.3 Å². The van der Waals surface area contributed by atoms with Crippen molar-refractivity contribution in [2.75, 3.05) is 19.3 Å². The topological polar surface area (TPSA) is 85.9 Å². The van der Waals surface area contributed by atoms with Gasteiger partial charge in [0.25, 0.3) is 0 Å². The first-order chi connectivity index (χ1) is 11.1. The Morgan fingerprint density at radius 1 is 1.39 bits per heavy atom. The number of ether oxygens (including phenoxy) is 3. The zero-order chi connectivity index (χ0) is 16.4. The molecule has 0 radical (unpaired) electrons. The lowest BCUT2D eigenvalue weighted by Crippen LogP contribution is -2.46. The summed E-state index contributed by atoms with van der Waals surface area (Å²) < 4.78 is 15.7. The fourth-order valence-electron chi connectivity index (χ4n) is 2.52. The number of esters is 1. The molecular formula is C15H15ClN2O5. The standard InChI is InChI=1S/C15H15ClN2O5/c1-2-21-14(19)12-9(6-16)17-15(20)18-13(12)8-3-4-10-11(5-8)23-7-22-10/h3-5,13H,2,6-7H2,1H3,(H2,17,18,20)/t13-/m0/s1. The van der Waals surface area contributed by atoms with Crippen LogP contribution in [0.3, 0.4) is 0 Å². The fraction of sp³-hybridized carbons (Fsp3) is 0.333. The molecule has 122 valence electrons. The molecule has 2 heterocycles. The number of carbonyl (C=O) groups excluding carboxylic acids is 2. The first kappa shape index (κ1) is 15.5. The van der Waals surface area contributed by atoms with E-state index in [2.05, 4.69) is 10.6 Å². The minimum absolute atomic E-state index is 0.0113. The highest BCUT2D eigenvalue weighted by Gasteiger charge is 2.34. The second kappa shape index (κ2) is 6.37. The molecule has 1 aromatic carbocycles. The van der Waals surface area contributed by atoms with Crippen LogP contribution in [0.5, 0.6) is 11.5 Å². The number of amides is 2. The van der Waals surface area contributed by atoms with Crippen LogP contribution in [0.25, 0.3) is 0 Å². The van der Waals surface area contributed by atoms with Crippen molar-refractivity contribution < 1.29 is 23.8 Å². The van der Waals surface area contributed by atoms with Gasteiger partial charge in [0.2, 0.25) is 6.79 Å². The highest BCUT2D eigenvalue weighted by Crippen LogP contribution is 2.37. The van der Waals surface area contributed by atoms with E-state index in [1.54, 1.807) is 25.1 Å². The zero-order valence-corrected chi connectivity index (χ0v) is 13.1. The molecule has 0 saturated heterocycles. The summed E-state index contributed by atoms with van der Waals surface area (Å²) in [6, 6.07) is 4.11. The molecule has 0 saturated carbocycles. The Kier molecular flexibility index (Phi) is 4.29. The van der Waals surface area contributed by atoms with Crippen molar-refractivity contribution in [1.29, 1.82) is 0 Å². The van der Waals surface area contributed by atoms with Crippen molar-refractivity contribution in [3.8, 4) is 11.5 Å². The lowest BCUT2D eigenvalue weighted by molar-refractivity contribution is -0.139. The lowest BCUT2D eigenvalue weighted by Gasteiger charge is -2.28. The number of rotatable bonds is 4. The Labute approximate surface area is 137 Å². The number of benzene rings is 1. The predicted molar refractivity (Wildman–Crippen MR) is 81.4 cm³/mol. The van der Waals surface area contributed by atoms with Crippen molar-refractivity contribution in [2.45, 2.75) is 13.0 Å². The maximum Gasteiger partial charge on any atom is 0.338 e. The lowest BCUT2D eigenvalue weighted by atomic mass is 9.95. The van der Waals surface area contributed by atoms with E-state index in [4.69, 9.17) is 25.8 Å². The van der Waals surface area contributed by atoms with Crippen LogP contribution in [-0.2, 0) is 9.53 Å². The molecule has 2 aliphatic heterocycles. The normalized spacial score (nSPS) is 19.2. The second-order valence-electron chi connectivity index (χ2n) is 4.89. The molecule has 0 bridgehead atoms. The van der Waals surface area contributed by atoms with Gasteiger partial charge in [0, 0.05) is 5.70 Å². The third-order valence-corrected chi connectivity index (χ3v) is 3.78. The van der Waals surface area contributed by atoms with Crippen LogP contribution >= 0.6 is 11.6 Å². The van der Waals surface area contributed by atoms with Gasteiger partial charge in [-0.25, -0.2) is 9.59 Å². The zero-order valence-electron chi connectivity index (χ0n) is 12.3. The van der Waals surface area contributed by atoms with Gasteiger partial charge >= 0.3 is 12.0 Å². The van der Waals surface area contributed by atoms with Crippen LogP contribution in [0, 0.1) is 0 Å². The molecule has 1 atom stereocenters. The molecule has 7 nitrogen and oxygen atoms in total. The Bertz CT molecular complexity index is 688. The number of allylic oxidation sites excluding steroid dienone is 1. The van der Waals surface area contributed by atoms with Gasteiger partial charge in [0.15, 0.2) is 11.5 Å². The van der Waals surface area contributed by atoms with Crippen molar-refractivity contribution in [3.05, 3.63) is 35.0 Å². The van der Waals surface area contributed by atoms with E-state index in [1.807, 2.05) is 0 Å². The Balaban J connectivity index is 2.03. The first-order valence-corrected chi connectivity index (χ1v) is 7.60. The summed E-state index contributed by atoms with van der Waals surface area (Å²) in [6.07, 6.45) is 0. The summed E-state index contributed by atoms with van der Waals surface area (Å²) in [4.78, 5) is 24.2. The molecule has 2 N–H and O–H groups in total. The van der Waals surface area contributed by atoms with Gasteiger partial charge in [-0.3, -0.25) is 0 Å². The number of hydrogen-bond acceptors (Lipinski definition) is 5. The van der Waals surface area contributed by atoms with Crippen molar-refractivity contribution in [3.63, 3.8) is 0 Å². The number of hydrogen-bond donors (Lipinski definition) is 2. The summed E-state index contributed by atoms with van der Waals surface area (Å²) in [5.74, 6) is 0.639. The Morgan fingerprint density at radius 2 is 2.17 bits per heavy atom. The van der Waals surface area contributed by atoms with Crippen LogP contribution in [0.2, 0.25) is 0 Å². The third kappa shape index (κ3) is 2.92. The summed E-state index contributed by atoms with van der Waals surface area (Å²) >= 11 is 5.88. The van der Waals surface area contributed by atoms with Gasteiger partial charge in [-0.1, -0.05) is 6.07 Å². The molecule has 0 fully saturated rings. The molecule has 0 unspecified atom stereocenters. The largest absolute Gasteiger partial charge is 0.463 e. The predicted octanol–water partition coefficient (Wildman–Crippen LogP) is 1.83. The molecule has 2 amide bonds. The van der Waals surface area contributed by atoms with Crippen LogP contribution in [0.4, 0.5) is 4.79 Å². The van der Waals surface area contributed by atoms with Crippen molar-refractivity contribution >= 4 is 23.6 Å². The van der Waals surface area contributed by atoms with Gasteiger partial charge < -0.3 is 24.8 Å². The van der Waals surface area contributed by atoms with Gasteiger partial charge in [-0.15, -0.1) is 11.6 Å². The number of fused-ring (bicyclic) bond motifs is 1. The number of alkyl halides is 1. The average Bonchev–Trinajstić information content (AvgIpc) is 3.01. The maximum absolute atomic E-state index is 12.3. The van der Waals surface area contributed by atoms with E-state index < -0.39 is 18.0 Å². The minimum atomic E-state index is -0.675. The van der Waals surface area contributed by atoms with Gasteiger partial charge in [0.1, 0.15) is 0 Å². The quantitative estimate of drug-likeness (QED) is 0.646. The highest BCUT2D eigenvalue weighted by atomic mass is 35.5. The fourth-order valence-corrected chi connectivity index (χ4v) is 2.73. The SMILES string of the molecule is CCOC(=O)C1=C(CCl)NC(=O)N[C@H]1c1ccc2c(c1)OCO2. The summed E-state index contributed by atoms with van der Waals surface area (Å²) in [5.41, 5.74) is 1.28. The molecule has 2 aliphatic rings. The molecule has 1 aromatic rings. The first-order valence-electron chi connectivity index (χ1n) is 7.07. The van der Waals surface area contributed by atoms with E-state index >= 15 is 0 Å². The molecule has 0 aromatic heterocycles. The molecule has 3 rings (SSSR count). The van der Waals surface area contributed by atoms with E-state index in [1.165, 1.54) is 0 Å². The smallest absolute Gasteiger partial charge is 0.338 e. The second-order valence-corrected chi connectivity index (χ2v) is 5.16. The van der Waals surface area contributed by atoms with Crippen molar-refractivity contribution in [2.24, 2.45) is 0 Å². The molecule has 23 heavy (non-hydrogen) atoms. The van der Waals surface area contributed by atoms with Crippen LogP contribution in [0.1, 0.15) is 18.5 Å². The van der Waals surface area contributed by atoms with Gasteiger partial charge in [-0.05, 0) is 24.6 Å². The Morgan fingerprint density at radius 3 is 2.91 bits per heavy atom. The molecule has 0 aliphatic carbocycles. The van der Waals surface area contributed by atoms with E-state index in [0.29, 0.717) is 22.8 Å². The number of halogens is 1. The van der Waals surface area contributed by atoms with Gasteiger partial charge in [-0.2, -0.15) is 0 Å². The molecule has 0 spiro atoms. The number of carbonyl (C=O) groups is 2. The van der Waals surface area contributed by atoms with Crippen LogP contribution < -0.4 is 20.1 Å². The number of nitrogens with one attached hydrogen (secondary N) is 2. The molecule has 8 heteroatoms. The summed E-state index contributed by atoms with van der Waals surface area (Å²) in [7, 11) is 0. The van der Waals surface area contributed by atoms with E-state index in [-0.39, 0.29) is 24.9 Å². The van der Waals surface area contributed by atoms with Crippen molar-refractivity contribution in [1.82, 2.24) is 10.6 Å². The number of urea groups is 1. The average molecular weight is 339 g/mol. The highest BCUT2D eigenvalue weighted by molar-refractivity contribution is 6.20. The summed E-state index contributed by atoms with van der Waals surface area (Å²) in [6.45, 7) is 2.08. The third-order valence-electron chi connectivity index (χ3n) is 3.51. The molecular weight excluding hydrogens is 324 g/mol. The van der Waals surface area contributed by atoms with Crippen LogP contribution in [0.15, 0.2) is 29.5 Å². The Hall–Kier alpha value is -2.41. The maximum atomic E-state index is 12.3. The van der Waals surface area contributed by atoms with Gasteiger partial charge in [0.05, 0.1) is 24.1 Å². The van der Waals surface area contributed by atoms with E-state index in [9.17, 15) is 9.59 Å². The summed E-state index contributed by atoms with van der Waals surface area (Å²) in [5, 5.41) is 5.26. The monoisotopic (exact) mass is 338 g/mol. The van der Waals surface area contributed by atoms with E-state index in [0.717, 1.165) is 0 Å². The minimum Gasteiger partial charge on any atom is -0.463 e.